The Balaban J connectivity index is 1.75. The van der Waals surface area contributed by atoms with Crippen molar-refractivity contribution in [3.05, 3.63) is 24.3 Å². The fourth-order valence-corrected chi connectivity index (χ4v) is 13.5. The molecule has 3 heteroatoms. The van der Waals surface area contributed by atoms with E-state index in [1.165, 1.54) is 64.2 Å². The van der Waals surface area contributed by atoms with Gasteiger partial charge in [-0.3, -0.25) is 0 Å². The molecule has 3 aliphatic rings. The third kappa shape index (κ3) is 2.51. The Labute approximate surface area is 135 Å². The molecule has 0 unspecified atom stereocenters. The van der Waals surface area contributed by atoms with E-state index in [1.807, 2.05) is 0 Å². The van der Waals surface area contributed by atoms with Gasteiger partial charge < -0.3 is 11.6 Å². The Morgan fingerprint density at radius 1 is 0.810 bits per heavy atom. The summed E-state index contributed by atoms with van der Waals surface area (Å²) in [6.07, 6.45) is 17.7. The van der Waals surface area contributed by atoms with Crippen molar-refractivity contribution in [1.82, 2.24) is 0 Å². The van der Waals surface area contributed by atoms with Crippen molar-refractivity contribution in [2.24, 2.45) is 0 Å². The van der Waals surface area contributed by atoms with E-state index in [1.54, 1.807) is 10.2 Å². The minimum atomic E-state index is -1.05. The topological polar surface area (TPSA) is 0 Å². The van der Waals surface area contributed by atoms with Crippen molar-refractivity contribution in [3.8, 4) is 0 Å². The molecule has 4 rings (SSSR count). The van der Waals surface area contributed by atoms with Crippen LogP contribution in [0.1, 0.15) is 64.2 Å². The number of hydrogen-bond acceptors (Lipinski definition) is 1. The van der Waals surface area contributed by atoms with Gasteiger partial charge in [0.1, 0.15) is 0 Å². The highest BCUT2D eigenvalue weighted by Crippen LogP contribution is 2.75. The van der Waals surface area contributed by atoms with Crippen LogP contribution in [-0.4, -0.2) is 17.6 Å². The van der Waals surface area contributed by atoms with Gasteiger partial charge >= 0.3 is 0 Å². The SMILES string of the molecule is [B-]1Sc2ccccc2[P+]1(C1CCCCC1)C1CCCCC1. The molecule has 0 aromatic heterocycles. The Bertz CT molecular complexity index is 474. The van der Waals surface area contributed by atoms with Crippen LogP contribution in [0.25, 0.3) is 0 Å². The molecule has 1 aromatic rings. The Morgan fingerprint density at radius 3 is 2.00 bits per heavy atom. The van der Waals surface area contributed by atoms with E-state index >= 15 is 0 Å². The zero-order chi connectivity index (χ0) is 14.1. The van der Waals surface area contributed by atoms with Crippen LogP contribution in [0, 0.1) is 0 Å². The third-order valence-corrected chi connectivity index (χ3v) is 13.2. The van der Waals surface area contributed by atoms with Crippen LogP contribution < -0.4 is 5.30 Å². The molecule has 1 aliphatic heterocycles. The maximum Gasteiger partial charge on any atom is 0.0562 e. The molecule has 0 spiro atoms. The minimum Gasteiger partial charge on any atom is -0.359 e. The lowest BCUT2D eigenvalue weighted by Crippen LogP contribution is -2.34. The number of fused-ring (bicyclic) bond motifs is 1. The van der Waals surface area contributed by atoms with E-state index in [0.29, 0.717) is 0 Å². The summed E-state index contributed by atoms with van der Waals surface area (Å²) in [4.78, 5) is 1.60. The molecule has 21 heavy (non-hydrogen) atoms. The summed E-state index contributed by atoms with van der Waals surface area (Å²) >= 11 is 2.09. The van der Waals surface area contributed by atoms with Gasteiger partial charge in [-0.1, -0.05) is 25.0 Å². The first-order chi connectivity index (χ1) is 10.4. The van der Waals surface area contributed by atoms with Crippen molar-refractivity contribution in [2.75, 3.05) is 0 Å². The first-order valence-corrected chi connectivity index (χ1v) is 11.8. The molecular weight excluding hydrogens is 290 g/mol. The summed E-state index contributed by atoms with van der Waals surface area (Å²) in [5, 5.41) is 1.80. The summed E-state index contributed by atoms with van der Waals surface area (Å²) in [6, 6.07) is 9.42. The molecule has 2 saturated carbocycles. The fraction of sp³-hybridized carbons (Fsp3) is 0.667. The molecule has 0 amide bonds. The monoisotopic (exact) mass is 316 g/mol. The van der Waals surface area contributed by atoms with Gasteiger partial charge in [-0.2, -0.15) is 7.14 Å². The fourth-order valence-electron chi connectivity index (χ4n) is 4.96. The van der Waals surface area contributed by atoms with E-state index in [4.69, 9.17) is 0 Å². The molecule has 0 bridgehead atoms. The average molecular weight is 316 g/mol. The molecule has 0 N–H and O–H groups in total. The summed E-state index contributed by atoms with van der Waals surface area (Å²) in [7, 11) is -1.05. The van der Waals surface area contributed by atoms with Gasteiger partial charge in [0, 0.05) is 22.5 Å². The van der Waals surface area contributed by atoms with E-state index in [0.717, 1.165) is 11.3 Å². The van der Waals surface area contributed by atoms with Gasteiger partial charge in [-0.05, 0) is 63.5 Å². The van der Waals surface area contributed by atoms with Gasteiger partial charge in [0.2, 0.25) is 0 Å². The zero-order valence-corrected chi connectivity index (χ0v) is 14.7. The smallest absolute Gasteiger partial charge is 0.0562 e. The number of benzene rings is 1. The van der Waals surface area contributed by atoms with E-state index in [2.05, 4.69) is 42.2 Å². The second kappa shape index (κ2) is 6.28. The summed E-state index contributed by atoms with van der Waals surface area (Å²) in [5.41, 5.74) is 2.04. The van der Waals surface area contributed by atoms with Gasteiger partial charge in [0.25, 0.3) is 0 Å². The highest BCUT2D eigenvalue weighted by molar-refractivity contribution is 8.45. The summed E-state index contributed by atoms with van der Waals surface area (Å²) < 4.78 is 0. The lowest BCUT2D eigenvalue weighted by molar-refractivity contribution is 0.485. The van der Waals surface area contributed by atoms with Crippen molar-refractivity contribution >= 4 is 30.3 Å². The van der Waals surface area contributed by atoms with E-state index in [9.17, 15) is 0 Å². The minimum absolute atomic E-state index is 1.02. The lowest BCUT2D eigenvalue weighted by atomic mass is 9.99. The second-order valence-electron chi connectivity index (χ2n) is 7.11. The maximum absolute atomic E-state index is 2.80. The van der Waals surface area contributed by atoms with Crippen molar-refractivity contribution in [1.29, 1.82) is 0 Å². The summed E-state index contributed by atoms with van der Waals surface area (Å²) in [5.74, 6) is 0. The Morgan fingerprint density at radius 2 is 1.38 bits per heavy atom. The lowest BCUT2D eigenvalue weighted by Gasteiger charge is -2.49. The zero-order valence-electron chi connectivity index (χ0n) is 13.0. The Kier molecular flexibility index (Phi) is 4.38. The molecular formula is C18H26BPS. The number of rotatable bonds is 2. The van der Waals surface area contributed by atoms with Crippen LogP contribution in [0.5, 0.6) is 0 Å². The van der Waals surface area contributed by atoms with Gasteiger partial charge in [-0.15, -0.1) is 0 Å². The first kappa shape index (κ1) is 14.6. The van der Waals surface area contributed by atoms with Crippen molar-refractivity contribution in [3.63, 3.8) is 0 Å². The molecule has 0 saturated heterocycles. The predicted octanol–water partition coefficient (Wildman–Crippen LogP) is 5.63. The molecule has 112 valence electrons. The van der Waals surface area contributed by atoms with Crippen LogP contribution in [0.15, 0.2) is 29.2 Å². The van der Waals surface area contributed by atoms with Crippen LogP contribution in [0.4, 0.5) is 0 Å². The normalized spacial score (nSPS) is 26.7. The molecule has 0 atom stereocenters. The van der Waals surface area contributed by atoms with Crippen LogP contribution in [0.2, 0.25) is 0 Å². The van der Waals surface area contributed by atoms with E-state index in [-0.39, 0.29) is 0 Å². The molecule has 2 radical (unpaired) electrons. The quantitative estimate of drug-likeness (QED) is 0.503. The largest absolute Gasteiger partial charge is 0.359 e. The maximum atomic E-state index is 2.80. The van der Waals surface area contributed by atoms with Crippen molar-refractivity contribution < 1.29 is 0 Å². The Hall–Kier alpha value is 0.0649. The molecule has 2 aliphatic carbocycles. The van der Waals surface area contributed by atoms with Gasteiger partial charge in [0.05, 0.1) is 5.30 Å². The third-order valence-electron chi connectivity index (χ3n) is 5.99. The molecule has 0 nitrogen and oxygen atoms in total. The van der Waals surface area contributed by atoms with Crippen LogP contribution in [0.3, 0.4) is 0 Å². The standard InChI is InChI=1S/C18H26BPS/c1-3-9-15(10-4-1)20(16-11-5-2-6-12-16)17-13-7-8-14-18(17)21-19-20/h7-8,13-16H,1-6,9-12H2. The van der Waals surface area contributed by atoms with Crippen LogP contribution in [-0.2, 0) is 0 Å². The van der Waals surface area contributed by atoms with Gasteiger partial charge in [0.15, 0.2) is 0 Å². The van der Waals surface area contributed by atoms with Crippen LogP contribution >= 0.6 is 18.8 Å². The highest BCUT2D eigenvalue weighted by atomic mass is 32.2. The van der Waals surface area contributed by atoms with Crippen molar-refractivity contribution in [2.45, 2.75) is 80.4 Å². The molecule has 2 fully saturated rings. The summed E-state index contributed by atoms with van der Waals surface area (Å²) in [6.45, 7) is 0. The molecule has 1 aromatic carbocycles. The second-order valence-corrected chi connectivity index (χ2v) is 12.2. The van der Waals surface area contributed by atoms with E-state index < -0.39 is 7.14 Å². The average Bonchev–Trinajstić information content (AvgIpc) is 2.97. The predicted molar refractivity (Wildman–Crippen MR) is 98.4 cm³/mol. The number of hydrogen-bond donors (Lipinski definition) is 0. The van der Waals surface area contributed by atoms with Gasteiger partial charge in [-0.25, -0.2) is 0 Å². The highest BCUT2D eigenvalue weighted by Gasteiger charge is 2.48. The first-order valence-electron chi connectivity index (χ1n) is 8.90. The molecule has 1 heterocycles.